The number of carbonyl (C=O) groups is 1. The lowest BCUT2D eigenvalue weighted by Gasteiger charge is -2.26. The van der Waals surface area contributed by atoms with Crippen molar-refractivity contribution in [2.75, 3.05) is 7.11 Å². The van der Waals surface area contributed by atoms with E-state index in [1.54, 1.807) is 0 Å². The van der Waals surface area contributed by atoms with Crippen LogP contribution in [0.2, 0.25) is 0 Å². The number of hydrogen-bond acceptors (Lipinski definition) is 9. The molecule has 1 unspecified atom stereocenters. The molecule has 1 aromatic carbocycles. The highest BCUT2D eigenvalue weighted by Gasteiger charge is 2.39. The monoisotopic (exact) mass is 374 g/mol. The molecule has 3 rings (SSSR count). The fourth-order valence-corrected chi connectivity index (χ4v) is 2.79. The SMILES string of the molecule is COC(=O)C1=C(N)Oc2c(oc(CO)cc2=O)C1c1ccc([N+](=O)[O-])cc1. The number of carbonyl (C=O) groups excluding carboxylic acids is 1. The van der Waals surface area contributed by atoms with Crippen LogP contribution in [0.3, 0.4) is 0 Å². The minimum absolute atomic E-state index is 0.0426. The molecule has 1 aliphatic rings. The van der Waals surface area contributed by atoms with E-state index in [-0.39, 0.29) is 34.4 Å². The van der Waals surface area contributed by atoms with E-state index in [1.165, 1.54) is 24.3 Å². The Morgan fingerprint density at radius 3 is 2.59 bits per heavy atom. The molecule has 27 heavy (non-hydrogen) atoms. The Kier molecular flexibility index (Phi) is 4.65. The molecule has 0 amide bonds. The highest BCUT2D eigenvalue weighted by molar-refractivity contribution is 5.92. The molecule has 0 fully saturated rings. The molecule has 140 valence electrons. The summed E-state index contributed by atoms with van der Waals surface area (Å²) in [5.41, 5.74) is 5.33. The first kappa shape index (κ1) is 18.1. The fraction of sp³-hybridized carbons (Fsp3) is 0.176. The molecule has 1 aromatic heterocycles. The zero-order valence-electron chi connectivity index (χ0n) is 14.0. The maximum atomic E-state index is 12.3. The fourth-order valence-electron chi connectivity index (χ4n) is 2.79. The Hall–Kier alpha value is -3.66. The third-order valence-electron chi connectivity index (χ3n) is 4.01. The van der Waals surface area contributed by atoms with Crippen LogP contribution in [0.1, 0.15) is 23.0 Å². The first-order valence-corrected chi connectivity index (χ1v) is 7.65. The Morgan fingerprint density at radius 1 is 1.37 bits per heavy atom. The van der Waals surface area contributed by atoms with Gasteiger partial charge in [0.25, 0.3) is 5.69 Å². The van der Waals surface area contributed by atoms with E-state index in [4.69, 9.17) is 19.6 Å². The van der Waals surface area contributed by atoms with Crippen molar-refractivity contribution in [2.45, 2.75) is 12.5 Å². The molecule has 0 aliphatic carbocycles. The minimum atomic E-state index is -1.01. The smallest absolute Gasteiger partial charge is 0.340 e. The number of nitro groups is 1. The van der Waals surface area contributed by atoms with Gasteiger partial charge in [0.15, 0.2) is 5.76 Å². The molecule has 2 aromatic rings. The predicted octanol–water partition coefficient (Wildman–Crippen LogP) is 0.908. The van der Waals surface area contributed by atoms with Gasteiger partial charge in [-0.3, -0.25) is 14.9 Å². The highest BCUT2D eigenvalue weighted by atomic mass is 16.6. The largest absolute Gasteiger partial charge is 0.465 e. The van der Waals surface area contributed by atoms with E-state index < -0.39 is 28.8 Å². The summed E-state index contributed by atoms with van der Waals surface area (Å²) in [7, 11) is 1.14. The summed E-state index contributed by atoms with van der Waals surface area (Å²) in [6, 6.07) is 6.33. The molecule has 3 N–H and O–H groups in total. The minimum Gasteiger partial charge on any atom is -0.465 e. The summed E-state index contributed by atoms with van der Waals surface area (Å²) in [6.45, 7) is -0.553. The van der Waals surface area contributed by atoms with Crippen molar-refractivity contribution in [2.24, 2.45) is 5.73 Å². The summed E-state index contributed by atoms with van der Waals surface area (Å²) < 4.78 is 15.6. The van der Waals surface area contributed by atoms with Gasteiger partial charge in [-0.25, -0.2) is 4.79 Å². The van der Waals surface area contributed by atoms with Crippen molar-refractivity contribution in [3.8, 4) is 5.75 Å². The van der Waals surface area contributed by atoms with Gasteiger partial charge in [0.05, 0.1) is 18.0 Å². The standard InChI is InChI=1S/C17H14N2O8/c1-25-17(22)13-12(8-2-4-9(5-3-8)19(23)24)15-14(27-16(13)18)11(21)6-10(7-20)26-15/h2-6,12,20H,7,18H2,1H3. The van der Waals surface area contributed by atoms with Crippen LogP contribution in [-0.2, 0) is 16.1 Å². The average molecular weight is 374 g/mol. The van der Waals surface area contributed by atoms with Crippen LogP contribution < -0.4 is 15.9 Å². The summed E-state index contributed by atoms with van der Waals surface area (Å²) in [5, 5.41) is 20.2. The predicted molar refractivity (Wildman–Crippen MR) is 89.7 cm³/mol. The summed E-state index contributed by atoms with van der Waals surface area (Å²) in [4.78, 5) is 34.9. The van der Waals surface area contributed by atoms with Gasteiger partial charge in [0, 0.05) is 18.2 Å². The van der Waals surface area contributed by atoms with Gasteiger partial charge in [-0.2, -0.15) is 0 Å². The normalized spacial score (nSPS) is 15.7. The second kappa shape index (κ2) is 6.92. The zero-order valence-corrected chi connectivity index (χ0v) is 14.0. The number of non-ortho nitro benzene ring substituents is 1. The number of nitrogens with two attached hydrogens (primary N) is 1. The second-order valence-electron chi connectivity index (χ2n) is 5.58. The third-order valence-corrected chi connectivity index (χ3v) is 4.01. The van der Waals surface area contributed by atoms with E-state index in [1.807, 2.05) is 0 Å². The number of nitrogens with zero attached hydrogens (tertiary/aromatic N) is 1. The van der Waals surface area contributed by atoms with E-state index in [0.29, 0.717) is 5.56 Å². The van der Waals surface area contributed by atoms with Gasteiger partial charge in [-0.1, -0.05) is 12.1 Å². The van der Waals surface area contributed by atoms with Crippen LogP contribution in [0.5, 0.6) is 5.75 Å². The highest BCUT2D eigenvalue weighted by Crippen LogP contribution is 2.41. The first-order valence-electron chi connectivity index (χ1n) is 7.65. The van der Waals surface area contributed by atoms with E-state index in [0.717, 1.165) is 13.2 Å². The number of benzene rings is 1. The molecule has 0 bridgehead atoms. The molecule has 10 heteroatoms. The van der Waals surface area contributed by atoms with Gasteiger partial charge in [0.1, 0.15) is 17.9 Å². The number of rotatable bonds is 4. The molecule has 1 aliphatic heterocycles. The topological polar surface area (TPSA) is 155 Å². The van der Waals surface area contributed by atoms with Crippen LogP contribution in [0.15, 0.2) is 51.0 Å². The number of esters is 1. The average Bonchev–Trinajstić information content (AvgIpc) is 2.66. The maximum absolute atomic E-state index is 12.3. The van der Waals surface area contributed by atoms with Crippen molar-refractivity contribution in [3.63, 3.8) is 0 Å². The lowest BCUT2D eigenvalue weighted by atomic mass is 9.86. The molecule has 0 radical (unpaired) electrons. The number of methoxy groups -OCH3 is 1. The number of hydrogen-bond donors (Lipinski definition) is 2. The molecular formula is C17H14N2O8. The van der Waals surface area contributed by atoms with Crippen LogP contribution in [0.25, 0.3) is 0 Å². The molecule has 0 saturated carbocycles. The van der Waals surface area contributed by atoms with Crippen LogP contribution >= 0.6 is 0 Å². The van der Waals surface area contributed by atoms with Gasteiger partial charge in [-0.15, -0.1) is 0 Å². The van der Waals surface area contributed by atoms with Gasteiger partial charge in [-0.05, 0) is 5.56 Å². The molecule has 0 spiro atoms. The lowest BCUT2D eigenvalue weighted by Crippen LogP contribution is -2.29. The Balaban J connectivity index is 2.26. The first-order chi connectivity index (χ1) is 12.9. The molecular weight excluding hydrogens is 360 g/mol. The maximum Gasteiger partial charge on any atom is 0.340 e. The van der Waals surface area contributed by atoms with E-state index >= 15 is 0 Å². The Morgan fingerprint density at radius 2 is 2.04 bits per heavy atom. The number of aliphatic hydroxyl groups is 1. The lowest BCUT2D eigenvalue weighted by molar-refractivity contribution is -0.384. The van der Waals surface area contributed by atoms with Crippen molar-refractivity contribution >= 4 is 11.7 Å². The number of aliphatic hydroxyl groups excluding tert-OH is 1. The van der Waals surface area contributed by atoms with Crippen LogP contribution in [0.4, 0.5) is 5.69 Å². The Labute approximate surface area is 151 Å². The number of nitro benzene ring substituents is 1. The van der Waals surface area contributed by atoms with E-state index in [2.05, 4.69) is 0 Å². The second-order valence-corrected chi connectivity index (χ2v) is 5.58. The van der Waals surface area contributed by atoms with Crippen molar-refractivity contribution in [1.82, 2.24) is 0 Å². The Bertz CT molecular complexity index is 1010. The molecule has 0 saturated heterocycles. The van der Waals surface area contributed by atoms with Crippen LogP contribution in [0, 0.1) is 10.1 Å². The molecule has 1 atom stereocenters. The quantitative estimate of drug-likeness (QED) is 0.451. The number of ether oxygens (including phenoxy) is 2. The zero-order chi connectivity index (χ0) is 19.7. The summed E-state index contributed by atoms with van der Waals surface area (Å²) >= 11 is 0. The van der Waals surface area contributed by atoms with Gasteiger partial charge >= 0.3 is 5.97 Å². The van der Waals surface area contributed by atoms with Crippen LogP contribution in [-0.4, -0.2) is 23.1 Å². The van der Waals surface area contributed by atoms with E-state index in [9.17, 15) is 24.8 Å². The van der Waals surface area contributed by atoms with Gasteiger partial charge in [0.2, 0.25) is 17.1 Å². The van der Waals surface area contributed by atoms with Crippen molar-refractivity contribution in [3.05, 3.63) is 79.2 Å². The molecule has 10 nitrogen and oxygen atoms in total. The summed E-state index contributed by atoms with van der Waals surface area (Å²) in [6.07, 6.45) is 0. The molecule has 2 heterocycles. The third kappa shape index (κ3) is 3.13. The van der Waals surface area contributed by atoms with Gasteiger partial charge < -0.3 is 24.7 Å². The summed E-state index contributed by atoms with van der Waals surface area (Å²) in [5.74, 6) is -2.52. The number of fused-ring (bicyclic) bond motifs is 1. The van der Waals surface area contributed by atoms with Crippen molar-refractivity contribution < 1.29 is 28.7 Å². The van der Waals surface area contributed by atoms with Crippen molar-refractivity contribution in [1.29, 1.82) is 0 Å².